The Morgan fingerprint density at radius 1 is 0.794 bits per heavy atom. The Balaban J connectivity index is 1.50. The molecule has 0 saturated heterocycles. The minimum absolute atomic E-state index is 0.0526. The number of nitrogens with one attached hydrogen (secondary N) is 1. The Morgan fingerprint density at radius 3 is 1.97 bits per heavy atom. The Labute approximate surface area is 202 Å². The Kier molecular flexibility index (Phi) is 7.40. The fourth-order valence-electron chi connectivity index (χ4n) is 3.45. The maximum atomic E-state index is 13.5. The summed E-state index contributed by atoms with van der Waals surface area (Å²) < 4.78 is 13.1. The predicted octanol–water partition coefficient (Wildman–Crippen LogP) is 6.92. The fourth-order valence-corrected chi connectivity index (χ4v) is 4.41. The molecule has 0 aliphatic heterocycles. The summed E-state index contributed by atoms with van der Waals surface area (Å²) in [5, 5.41) is 2.44. The molecule has 0 aromatic heterocycles. The molecule has 0 fully saturated rings. The summed E-state index contributed by atoms with van der Waals surface area (Å²) in [7, 11) is 0. The minimum atomic E-state index is -0.395. The molecule has 4 rings (SSSR count). The summed E-state index contributed by atoms with van der Waals surface area (Å²) in [6, 6.07) is 31.8. The number of benzene rings is 4. The Bertz CT molecular complexity index is 1230. The molecule has 4 nitrogen and oxygen atoms in total. The van der Waals surface area contributed by atoms with E-state index in [2.05, 4.69) is 5.32 Å². The molecule has 1 unspecified atom stereocenters. The van der Waals surface area contributed by atoms with Gasteiger partial charge in [-0.25, -0.2) is 4.39 Å². The highest BCUT2D eigenvalue weighted by Crippen LogP contribution is 2.32. The number of halogens is 1. The molecule has 170 valence electrons. The third-order valence-corrected chi connectivity index (χ3v) is 6.19. The van der Waals surface area contributed by atoms with Crippen LogP contribution in [-0.2, 0) is 4.79 Å². The fraction of sp³-hybridized carbons (Fsp3) is 0.0714. The van der Waals surface area contributed by atoms with Gasteiger partial charge in [-0.2, -0.15) is 0 Å². The number of para-hydroxylation sites is 2. The van der Waals surface area contributed by atoms with Crippen molar-refractivity contribution >= 4 is 40.6 Å². The lowest BCUT2D eigenvalue weighted by Crippen LogP contribution is -2.32. The van der Waals surface area contributed by atoms with Gasteiger partial charge >= 0.3 is 0 Å². The van der Waals surface area contributed by atoms with Crippen molar-refractivity contribution in [3.8, 4) is 0 Å². The van der Waals surface area contributed by atoms with Gasteiger partial charge in [0, 0.05) is 27.5 Å². The van der Waals surface area contributed by atoms with Crippen LogP contribution in [0.4, 0.5) is 21.5 Å². The van der Waals surface area contributed by atoms with E-state index in [1.54, 1.807) is 11.0 Å². The lowest BCUT2D eigenvalue weighted by molar-refractivity contribution is -0.117. The molecule has 0 heterocycles. The zero-order valence-corrected chi connectivity index (χ0v) is 19.3. The summed E-state index contributed by atoms with van der Waals surface area (Å²) in [4.78, 5) is 28.6. The molecule has 6 heteroatoms. The molecule has 0 spiro atoms. The SMILES string of the molecule is CC(Sc1cccc(NC(=O)c2ccc(F)cc2)c1)C(=O)N(c1ccccc1)c1ccccc1. The number of hydrogen-bond donors (Lipinski definition) is 1. The zero-order valence-electron chi connectivity index (χ0n) is 18.5. The van der Waals surface area contributed by atoms with Crippen LogP contribution in [0.3, 0.4) is 0 Å². The van der Waals surface area contributed by atoms with Crippen LogP contribution >= 0.6 is 11.8 Å². The van der Waals surface area contributed by atoms with E-state index in [0.29, 0.717) is 11.3 Å². The number of hydrogen-bond acceptors (Lipinski definition) is 3. The predicted molar refractivity (Wildman–Crippen MR) is 136 cm³/mol. The van der Waals surface area contributed by atoms with E-state index in [1.165, 1.54) is 36.0 Å². The number of thioether (sulfide) groups is 1. The van der Waals surface area contributed by atoms with Crippen molar-refractivity contribution in [2.24, 2.45) is 0 Å². The lowest BCUT2D eigenvalue weighted by Gasteiger charge is -2.26. The van der Waals surface area contributed by atoms with Crippen LogP contribution in [0.15, 0.2) is 114 Å². The smallest absolute Gasteiger partial charge is 0.255 e. The number of carbonyl (C=O) groups is 2. The van der Waals surface area contributed by atoms with E-state index in [0.717, 1.165) is 16.3 Å². The molecular weight excluding hydrogens is 447 g/mol. The molecule has 34 heavy (non-hydrogen) atoms. The Hall–Kier alpha value is -3.90. The van der Waals surface area contributed by atoms with Gasteiger partial charge in [-0.05, 0) is 73.7 Å². The summed E-state index contributed by atoms with van der Waals surface area (Å²) in [6.45, 7) is 1.87. The second kappa shape index (κ2) is 10.8. The molecular formula is C28H23FN2O2S. The molecule has 0 aliphatic rings. The van der Waals surface area contributed by atoms with Crippen LogP contribution < -0.4 is 10.2 Å². The summed E-state index contributed by atoms with van der Waals surface area (Å²) in [5.74, 6) is -0.776. The lowest BCUT2D eigenvalue weighted by atomic mass is 10.2. The van der Waals surface area contributed by atoms with Gasteiger partial charge in [0.05, 0.1) is 5.25 Å². The summed E-state index contributed by atoms with van der Waals surface area (Å²) >= 11 is 1.42. The van der Waals surface area contributed by atoms with Crippen molar-refractivity contribution in [2.75, 3.05) is 10.2 Å². The highest BCUT2D eigenvalue weighted by atomic mass is 32.2. The van der Waals surface area contributed by atoms with Crippen LogP contribution in [0.25, 0.3) is 0 Å². The first-order valence-corrected chi connectivity index (χ1v) is 11.7. The minimum Gasteiger partial charge on any atom is -0.322 e. The molecule has 0 bridgehead atoms. The number of amides is 2. The number of carbonyl (C=O) groups excluding carboxylic acids is 2. The molecule has 1 N–H and O–H groups in total. The monoisotopic (exact) mass is 470 g/mol. The van der Waals surface area contributed by atoms with Crippen LogP contribution in [0.1, 0.15) is 17.3 Å². The molecule has 2 amide bonds. The van der Waals surface area contributed by atoms with Crippen molar-refractivity contribution in [3.05, 3.63) is 121 Å². The third-order valence-electron chi connectivity index (χ3n) is 5.11. The molecule has 4 aromatic carbocycles. The van der Waals surface area contributed by atoms with Gasteiger partial charge in [-0.15, -0.1) is 11.8 Å². The van der Waals surface area contributed by atoms with Crippen molar-refractivity contribution in [1.29, 1.82) is 0 Å². The zero-order chi connectivity index (χ0) is 23.9. The highest BCUT2D eigenvalue weighted by Gasteiger charge is 2.24. The van der Waals surface area contributed by atoms with Gasteiger partial charge in [-0.3, -0.25) is 14.5 Å². The van der Waals surface area contributed by atoms with E-state index in [9.17, 15) is 14.0 Å². The van der Waals surface area contributed by atoms with E-state index in [-0.39, 0.29) is 17.1 Å². The summed E-state index contributed by atoms with van der Waals surface area (Å²) in [5.41, 5.74) is 2.56. The van der Waals surface area contributed by atoms with E-state index < -0.39 is 5.82 Å². The van der Waals surface area contributed by atoms with Crippen molar-refractivity contribution in [1.82, 2.24) is 0 Å². The standard InChI is InChI=1S/C28H23FN2O2S/c1-20(28(33)31(24-10-4-2-5-11-24)25-12-6-3-7-13-25)34-26-14-8-9-23(19-26)30-27(32)21-15-17-22(29)18-16-21/h2-20H,1H3,(H,30,32). The summed E-state index contributed by atoms with van der Waals surface area (Å²) in [6.07, 6.45) is 0. The molecule has 0 radical (unpaired) electrons. The third kappa shape index (κ3) is 5.71. The molecule has 1 atom stereocenters. The van der Waals surface area contributed by atoms with E-state index in [1.807, 2.05) is 85.8 Å². The maximum Gasteiger partial charge on any atom is 0.255 e. The first-order valence-electron chi connectivity index (χ1n) is 10.8. The van der Waals surface area contributed by atoms with Gasteiger partial charge < -0.3 is 5.32 Å². The van der Waals surface area contributed by atoms with Crippen LogP contribution in [0, 0.1) is 5.82 Å². The molecule has 0 saturated carbocycles. The normalized spacial score (nSPS) is 11.5. The average Bonchev–Trinajstić information content (AvgIpc) is 2.86. The molecule has 4 aromatic rings. The van der Waals surface area contributed by atoms with Crippen molar-refractivity contribution in [3.63, 3.8) is 0 Å². The van der Waals surface area contributed by atoms with Crippen LogP contribution in [-0.4, -0.2) is 17.1 Å². The quantitative estimate of drug-likeness (QED) is 0.298. The highest BCUT2D eigenvalue weighted by molar-refractivity contribution is 8.00. The second-order valence-corrected chi connectivity index (χ2v) is 9.01. The largest absolute Gasteiger partial charge is 0.322 e. The number of anilines is 3. The first kappa shape index (κ1) is 23.3. The molecule has 0 aliphatic carbocycles. The van der Waals surface area contributed by atoms with Gasteiger partial charge in [0.2, 0.25) is 5.91 Å². The van der Waals surface area contributed by atoms with Crippen molar-refractivity contribution < 1.29 is 14.0 Å². The first-order chi connectivity index (χ1) is 16.5. The average molecular weight is 471 g/mol. The van der Waals surface area contributed by atoms with Gasteiger partial charge in [0.15, 0.2) is 0 Å². The van der Waals surface area contributed by atoms with Gasteiger partial charge in [0.1, 0.15) is 5.82 Å². The van der Waals surface area contributed by atoms with Crippen LogP contribution in [0.2, 0.25) is 0 Å². The number of rotatable bonds is 7. The number of nitrogens with zero attached hydrogens (tertiary/aromatic N) is 1. The second-order valence-electron chi connectivity index (χ2n) is 7.59. The van der Waals surface area contributed by atoms with E-state index in [4.69, 9.17) is 0 Å². The topological polar surface area (TPSA) is 49.4 Å². The van der Waals surface area contributed by atoms with Crippen molar-refractivity contribution in [2.45, 2.75) is 17.1 Å². The maximum absolute atomic E-state index is 13.5. The van der Waals surface area contributed by atoms with Crippen LogP contribution in [0.5, 0.6) is 0 Å². The Morgan fingerprint density at radius 2 is 1.38 bits per heavy atom. The van der Waals surface area contributed by atoms with Gasteiger partial charge in [-0.1, -0.05) is 42.5 Å². The van der Waals surface area contributed by atoms with Gasteiger partial charge in [0.25, 0.3) is 5.91 Å². The van der Waals surface area contributed by atoms with E-state index >= 15 is 0 Å².